The van der Waals surface area contributed by atoms with Crippen LogP contribution in [0, 0.1) is 5.92 Å². The molecule has 0 amide bonds. The van der Waals surface area contributed by atoms with Gasteiger partial charge in [-0.1, -0.05) is 57.2 Å². The summed E-state index contributed by atoms with van der Waals surface area (Å²) in [5.74, 6) is 0.921. The van der Waals surface area contributed by atoms with Gasteiger partial charge < -0.3 is 5.32 Å². The van der Waals surface area contributed by atoms with Crippen molar-refractivity contribution in [3.63, 3.8) is 0 Å². The summed E-state index contributed by atoms with van der Waals surface area (Å²) < 4.78 is 0. The van der Waals surface area contributed by atoms with Crippen molar-refractivity contribution < 1.29 is 0 Å². The van der Waals surface area contributed by atoms with Crippen LogP contribution in [0.15, 0.2) is 36.4 Å². The Hall–Kier alpha value is -1.08. The number of hydrogen-bond donors (Lipinski definition) is 1. The summed E-state index contributed by atoms with van der Waals surface area (Å²) in [4.78, 5) is 0. The third-order valence-corrected chi connectivity index (χ3v) is 3.90. The zero-order chi connectivity index (χ0) is 14.4. The van der Waals surface area contributed by atoms with E-state index in [4.69, 9.17) is 0 Å². The van der Waals surface area contributed by atoms with Crippen molar-refractivity contribution in [2.75, 3.05) is 6.54 Å². The van der Waals surface area contributed by atoms with Crippen molar-refractivity contribution in [1.29, 1.82) is 0 Å². The summed E-state index contributed by atoms with van der Waals surface area (Å²) in [6, 6.07) is 9.02. The second kappa shape index (κ2) is 7.08. The first-order chi connectivity index (χ1) is 9.55. The van der Waals surface area contributed by atoms with E-state index >= 15 is 0 Å². The van der Waals surface area contributed by atoms with Crippen molar-refractivity contribution in [3.8, 4) is 0 Å². The molecule has 1 aromatic rings. The molecular weight excluding hydrogens is 242 g/mol. The molecule has 0 bridgehead atoms. The van der Waals surface area contributed by atoms with E-state index in [0.717, 1.165) is 19.0 Å². The van der Waals surface area contributed by atoms with Gasteiger partial charge in [0, 0.05) is 6.54 Å². The van der Waals surface area contributed by atoms with E-state index in [2.05, 4.69) is 62.5 Å². The first-order valence-electron chi connectivity index (χ1n) is 8.02. The van der Waals surface area contributed by atoms with E-state index < -0.39 is 0 Å². The summed E-state index contributed by atoms with van der Waals surface area (Å²) >= 11 is 0. The van der Waals surface area contributed by atoms with Crippen molar-refractivity contribution in [2.45, 2.75) is 58.4 Å². The maximum atomic E-state index is 3.53. The monoisotopic (exact) mass is 271 g/mol. The number of rotatable bonds is 7. The van der Waals surface area contributed by atoms with Gasteiger partial charge in [-0.05, 0) is 54.7 Å². The molecule has 2 rings (SSSR count). The second-order valence-corrected chi connectivity index (χ2v) is 7.03. The summed E-state index contributed by atoms with van der Waals surface area (Å²) in [5, 5.41) is 3.53. The SMILES string of the molecule is CC(C)(C)c1ccc(CNCCC/C=C\C2CC2)cc1. The largest absolute Gasteiger partial charge is 0.313 e. The Morgan fingerprint density at radius 2 is 1.85 bits per heavy atom. The molecule has 1 fully saturated rings. The van der Waals surface area contributed by atoms with Gasteiger partial charge in [0.05, 0.1) is 0 Å². The molecule has 1 N–H and O–H groups in total. The van der Waals surface area contributed by atoms with E-state index in [-0.39, 0.29) is 5.41 Å². The fourth-order valence-electron chi connectivity index (χ4n) is 2.28. The minimum absolute atomic E-state index is 0.250. The third kappa shape index (κ3) is 5.50. The van der Waals surface area contributed by atoms with E-state index in [1.54, 1.807) is 0 Å². The van der Waals surface area contributed by atoms with Gasteiger partial charge in [-0.3, -0.25) is 0 Å². The highest BCUT2D eigenvalue weighted by molar-refractivity contribution is 5.27. The van der Waals surface area contributed by atoms with Crippen LogP contribution >= 0.6 is 0 Å². The summed E-state index contributed by atoms with van der Waals surface area (Å²) in [6.45, 7) is 8.87. The van der Waals surface area contributed by atoms with Crippen molar-refractivity contribution >= 4 is 0 Å². The first kappa shape index (κ1) is 15.3. The van der Waals surface area contributed by atoms with Gasteiger partial charge in [0.15, 0.2) is 0 Å². The lowest BCUT2D eigenvalue weighted by atomic mass is 9.87. The minimum Gasteiger partial charge on any atom is -0.313 e. The zero-order valence-corrected chi connectivity index (χ0v) is 13.3. The normalized spacial score (nSPS) is 15.9. The van der Waals surface area contributed by atoms with Crippen LogP contribution < -0.4 is 5.32 Å². The molecule has 0 unspecified atom stereocenters. The maximum absolute atomic E-state index is 3.53. The topological polar surface area (TPSA) is 12.0 Å². The van der Waals surface area contributed by atoms with Crippen LogP contribution in [0.5, 0.6) is 0 Å². The lowest BCUT2D eigenvalue weighted by Crippen LogP contribution is -2.15. The van der Waals surface area contributed by atoms with E-state index in [1.165, 1.54) is 36.8 Å². The fraction of sp³-hybridized carbons (Fsp3) is 0.579. The second-order valence-electron chi connectivity index (χ2n) is 7.03. The van der Waals surface area contributed by atoms with Crippen LogP contribution in [0.2, 0.25) is 0 Å². The molecule has 0 heterocycles. The maximum Gasteiger partial charge on any atom is 0.0205 e. The molecule has 1 aromatic carbocycles. The van der Waals surface area contributed by atoms with Gasteiger partial charge in [-0.2, -0.15) is 0 Å². The predicted octanol–water partition coefficient (Wildman–Crippen LogP) is 4.82. The molecular formula is C19H29N. The van der Waals surface area contributed by atoms with Crippen LogP contribution in [0.3, 0.4) is 0 Å². The van der Waals surface area contributed by atoms with Gasteiger partial charge in [0.25, 0.3) is 0 Å². The molecule has 0 atom stereocenters. The van der Waals surface area contributed by atoms with E-state index in [0.29, 0.717) is 0 Å². The smallest absolute Gasteiger partial charge is 0.0205 e. The zero-order valence-electron chi connectivity index (χ0n) is 13.3. The third-order valence-electron chi connectivity index (χ3n) is 3.90. The number of unbranched alkanes of at least 4 members (excludes halogenated alkanes) is 1. The van der Waals surface area contributed by atoms with Crippen LogP contribution in [-0.2, 0) is 12.0 Å². The standard InChI is InChI=1S/C19H29N/c1-19(2,3)18-12-10-17(11-13-18)15-20-14-6-4-5-7-16-8-9-16/h5,7,10-13,16,20H,4,6,8-9,14-15H2,1-3H3/b7-5-. The molecule has 1 saturated carbocycles. The molecule has 1 nitrogen and oxygen atoms in total. The minimum atomic E-state index is 0.250. The van der Waals surface area contributed by atoms with Crippen LogP contribution in [0.1, 0.15) is 57.6 Å². The van der Waals surface area contributed by atoms with Gasteiger partial charge in [0.2, 0.25) is 0 Å². The van der Waals surface area contributed by atoms with Gasteiger partial charge >= 0.3 is 0 Å². The molecule has 0 aromatic heterocycles. The molecule has 0 aliphatic heterocycles. The Morgan fingerprint density at radius 3 is 2.45 bits per heavy atom. The van der Waals surface area contributed by atoms with Crippen LogP contribution in [-0.4, -0.2) is 6.54 Å². The highest BCUT2D eigenvalue weighted by atomic mass is 14.8. The Kier molecular flexibility index (Phi) is 5.42. The Balaban J connectivity index is 1.61. The number of allylic oxidation sites excluding steroid dienone is 2. The fourth-order valence-corrected chi connectivity index (χ4v) is 2.28. The van der Waals surface area contributed by atoms with Crippen LogP contribution in [0.4, 0.5) is 0 Å². The highest BCUT2D eigenvalue weighted by Gasteiger charge is 2.16. The van der Waals surface area contributed by atoms with E-state index in [1.807, 2.05) is 0 Å². The average Bonchev–Trinajstić information content (AvgIpc) is 3.21. The highest BCUT2D eigenvalue weighted by Crippen LogP contribution is 2.30. The number of nitrogens with one attached hydrogen (secondary N) is 1. The molecule has 1 heteroatoms. The van der Waals surface area contributed by atoms with Crippen molar-refractivity contribution in [3.05, 3.63) is 47.5 Å². The Bertz CT molecular complexity index is 418. The number of benzene rings is 1. The molecule has 1 aliphatic carbocycles. The average molecular weight is 271 g/mol. The molecule has 0 radical (unpaired) electrons. The van der Waals surface area contributed by atoms with E-state index in [9.17, 15) is 0 Å². The van der Waals surface area contributed by atoms with Gasteiger partial charge in [-0.15, -0.1) is 0 Å². The van der Waals surface area contributed by atoms with Crippen molar-refractivity contribution in [2.24, 2.45) is 5.92 Å². The van der Waals surface area contributed by atoms with Gasteiger partial charge in [-0.25, -0.2) is 0 Å². The number of hydrogen-bond acceptors (Lipinski definition) is 1. The molecule has 0 spiro atoms. The molecule has 110 valence electrons. The quantitative estimate of drug-likeness (QED) is 0.554. The first-order valence-corrected chi connectivity index (χ1v) is 8.02. The van der Waals surface area contributed by atoms with Crippen LogP contribution in [0.25, 0.3) is 0 Å². The lowest BCUT2D eigenvalue weighted by Gasteiger charge is -2.19. The molecule has 0 saturated heterocycles. The molecule has 20 heavy (non-hydrogen) atoms. The summed E-state index contributed by atoms with van der Waals surface area (Å²) in [6.07, 6.45) is 10.0. The van der Waals surface area contributed by atoms with Crippen molar-refractivity contribution in [1.82, 2.24) is 5.32 Å². The summed E-state index contributed by atoms with van der Waals surface area (Å²) in [5.41, 5.74) is 3.04. The Labute approximate surface area is 124 Å². The summed E-state index contributed by atoms with van der Waals surface area (Å²) in [7, 11) is 0. The molecule has 1 aliphatic rings. The lowest BCUT2D eigenvalue weighted by molar-refractivity contribution is 0.589. The van der Waals surface area contributed by atoms with Gasteiger partial charge in [0.1, 0.15) is 0 Å². The predicted molar refractivity (Wildman–Crippen MR) is 87.9 cm³/mol. The Morgan fingerprint density at radius 1 is 1.15 bits per heavy atom.